The molecule has 2 aromatic rings. The van der Waals surface area contributed by atoms with Crippen LogP contribution in [0.25, 0.3) is 0 Å². The van der Waals surface area contributed by atoms with E-state index in [-0.39, 0.29) is 5.56 Å². The zero-order valence-corrected chi connectivity index (χ0v) is 11.9. The Hall–Kier alpha value is -2.34. The fraction of sp³-hybridized carbons (Fsp3) is 0.333. The van der Waals surface area contributed by atoms with E-state index in [1.807, 2.05) is 12.1 Å². The molecule has 21 heavy (non-hydrogen) atoms. The number of fused-ring (bicyclic) bond motifs is 1. The number of benzene rings is 1. The monoisotopic (exact) mass is 286 g/mol. The molecule has 6 nitrogen and oxygen atoms in total. The van der Waals surface area contributed by atoms with Crippen molar-refractivity contribution in [3.05, 3.63) is 46.8 Å². The third-order valence-electron chi connectivity index (χ3n) is 4.05. The Bertz CT molecular complexity index is 693. The second kappa shape index (κ2) is 5.21. The normalized spacial score (nSPS) is 14.9. The van der Waals surface area contributed by atoms with E-state index in [1.165, 1.54) is 11.8 Å². The molecule has 2 heterocycles. The first-order valence-corrected chi connectivity index (χ1v) is 6.89. The van der Waals surface area contributed by atoms with Gasteiger partial charge in [0.15, 0.2) is 0 Å². The molecule has 0 saturated carbocycles. The number of carboxylic acid groups (broad SMARTS) is 1. The number of aromatic nitrogens is 2. The molecular weight excluding hydrogens is 268 g/mol. The molecular formula is C15H18N4O2. The van der Waals surface area contributed by atoms with Gasteiger partial charge in [-0.1, -0.05) is 12.1 Å². The number of nitrogen functional groups attached to an aromatic ring is 1. The molecule has 0 unspecified atom stereocenters. The lowest BCUT2D eigenvalue weighted by atomic mass is 9.98. The summed E-state index contributed by atoms with van der Waals surface area (Å²) in [7, 11) is 1.77. The van der Waals surface area contributed by atoms with Crippen LogP contribution in [0.4, 0.5) is 5.69 Å². The summed E-state index contributed by atoms with van der Waals surface area (Å²) in [6.07, 6.45) is 2.34. The van der Waals surface area contributed by atoms with Gasteiger partial charge in [0, 0.05) is 32.4 Å². The fourth-order valence-corrected chi connectivity index (χ4v) is 2.84. The number of aryl methyl sites for hydroxylation is 1. The number of anilines is 1. The van der Waals surface area contributed by atoms with Gasteiger partial charge in [-0.3, -0.25) is 9.58 Å². The molecule has 0 fully saturated rings. The molecule has 0 spiro atoms. The van der Waals surface area contributed by atoms with Crippen molar-refractivity contribution in [2.75, 3.05) is 12.3 Å². The number of hydrogen-bond donors (Lipinski definition) is 2. The van der Waals surface area contributed by atoms with E-state index in [0.29, 0.717) is 6.54 Å². The van der Waals surface area contributed by atoms with E-state index >= 15 is 0 Å². The molecule has 3 rings (SSSR count). The summed E-state index contributed by atoms with van der Waals surface area (Å²) < 4.78 is 1.63. The van der Waals surface area contributed by atoms with Gasteiger partial charge in [-0.05, 0) is 23.6 Å². The predicted octanol–water partition coefficient (Wildman–Crippen LogP) is 1.26. The molecule has 0 radical (unpaired) electrons. The van der Waals surface area contributed by atoms with Crippen LogP contribution in [0, 0.1) is 0 Å². The lowest BCUT2D eigenvalue weighted by Gasteiger charge is -2.29. The minimum atomic E-state index is -0.935. The Morgan fingerprint density at radius 1 is 1.48 bits per heavy atom. The Morgan fingerprint density at radius 3 is 3.05 bits per heavy atom. The van der Waals surface area contributed by atoms with Crippen LogP contribution < -0.4 is 5.73 Å². The van der Waals surface area contributed by atoms with Crippen LogP contribution in [-0.2, 0) is 26.6 Å². The molecule has 1 aromatic carbocycles. The van der Waals surface area contributed by atoms with Crippen molar-refractivity contribution in [1.82, 2.24) is 14.7 Å². The van der Waals surface area contributed by atoms with Crippen molar-refractivity contribution in [2.24, 2.45) is 7.05 Å². The second-order valence-corrected chi connectivity index (χ2v) is 5.38. The highest BCUT2D eigenvalue weighted by atomic mass is 16.4. The summed E-state index contributed by atoms with van der Waals surface area (Å²) >= 11 is 0. The summed E-state index contributed by atoms with van der Waals surface area (Å²) in [4.78, 5) is 13.4. The lowest BCUT2D eigenvalue weighted by Crippen LogP contribution is -2.32. The molecule has 0 bridgehead atoms. The quantitative estimate of drug-likeness (QED) is 0.830. The number of hydrogen-bond acceptors (Lipinski definition) is 4. The largest absolute Gasteiger partial charge is 0.478 e. The van der Waals surface area contributed by atoms with Crippen molar-refractivity contribution >= 4 is 11.7 Å². The van der Waals surface area contributed by atoms with Crippen LogP contribution in [0.15, 0.2) is 24.4 Å². The summed E-state index contributed by atoms with van der Waals surface area (Å²) in [5.74, 6) is -0.935. The average molecular weight is 286 g/mol. The van der Waals surface area contributed by atoms with Gasteiger partial charge in [0.1, 0.15) is 5.56 Å². The van der Waals surface area contributed by atoms with Crippen molar-refractivity contribution in [3.63, 3.8) is 0 Å². The third kappa shape index (κ3) is 2.50. The van der Waals surface area contributed by atoms with E-state index in [2.05, 4.69) is 16.1 Å². The first-order chi connectivity index (χ1) is 10.1. The number of nitrogens with two attached hydrogens (primary N) is 1. The maximum Gasteiger partial charge on any atom is 0.339 e. The highest BCUT2D eigenvalue weighted by Gasteiger charge is 2.22. The number of carboxylic acids is 1. The van der Waals surface area contributed by atoms with E-state index in [0.717, 1.165) is 36.5 Å². The van der Waals surface area contributed by atoms with Gasteiger partial charge in [-0.15, -0.1) is 0 Å². The maximum absolute atomic E-state index is 11.2. The summed E-state index contributed by atoms with van der Waals surface area (Å²) in [5, 5.41) is 13.3. The maximum atomic E-state index is 11.2. The van der Waals surface area contributed by atoms with E-state index in [1.54, 1.807) is 11.7 Å². The SMILES string of the molecule is Cn1ncc(C(=O)O)c1CN1CCc2cccc(N)c2C1. The zero-order valence-electron chi connectivity index (χ0n) is 11.9. The summed E-state index contributed by atoms with van der Waals surface area (Å²) in [6.45, 7) is 2.19. The average Bonchev–Trinajstić information content (AvgIpc) is 2.81. The molecule has 1 aliphatic heterocycles. The molecule has 1 aromatic heterocycles. The standard InChI is InChI=1S/C15H18N4O2/c1-18-14(11(7-17-18)15(20)21)9-19-6-5-10-3-2-4-13(16)12(10)8-19/h2-4,7H,5-6,8-9,16H2,1H3,(H,20,21). The van der Waals surface area contributed by atoms with Gasteiger partial charge in [0.25, 0.3) is 0 Å². The van der Waals surface area contributed by atoms with Gasteiger partial charge in [-0.2, -0.15) is 5.10 Å². The van der Waals surface area contributed by atoms with Crippen LogP contribution in [0.3, 0.4) is 0 Å². The van der Waals surface area contributed by atoms with Crippen molar-refractivity contribution < 1.29 is 9.90 Å². The third-order valence-corrected chi connectivity index (χ3v) is 4.05. The molecule has 110 valence electrons. The first-order valence-electron chi connectivity index (χ1n) is 6.89. The highest BCUT2D eigenvalue weighted by Crippen LogP contribution is 2.25. The van der Waals surface area contributed by atoms with Crippen LogP contribution in [0.1, 0.15) is 27.2 Å². The Balaban J connectivity index is 1.83. The minimum Gasteiger partial charge on any atom is -0.478 e. The highest BCUT2D eigenvalue weighted by molar-refractivity contribution is 5.88. The summed E-state index contributed by atoms with van der Waals surface area (Å²) in [6, 6.07) is 6.00. The molecule has 0 saturated heterocycles. The zero-order chi connectivity index (χ0) is 15.0. The topological polar surface area (TPSA) is 84.4 Å². The number of nitrogens with zero attached hydrogens (tertiary/aromatic N) is 3. The van der Waals surface area contributed by atoms with Gasteiger partial charge >= 0.3 is 5.97 Å². The van der Waals surface area contributed by atoms with E-state index in [4.69, 9.17) is 5.73 Å². The lowest BCUT2D eigenvalue weighted by molar-refractivity contribution is 0.0694. The predicted molar refractivity (Wildman–Crippen MR) is 78.8 cm³/mol. The van der Waals surface area contributed by atoms with Gasteiger partial charge in [-0.25, -0.2) is 4.79 Å². The molecule has 6 heteroatoms. The van der Waals surface area contributed by atoms with Gasteiger partial charge in [0.05, 0.1) is 11.9 Å². The van der Waals surface area contributed by atoms with E-state index in [9.17, 15) is 9.90 Å². The molecule has 0 atom stereocenters. The Kier molecular flexibility index (Phi) is 3.39. The minimum absolute atomic E-state index is 0.268. The van der Waals surface area contributed by atoms with Gasteiger partial charge < -0.3 is 10.8 Å². The Labute approximate surface area is 122 Å². The van der Waals surface area contributed by atoms with Crippen molar-refractivity contribution in [1.29, 1.82) is 0 Å². The number of carbonyl (C=O) groups is 1. The second-order valence-electron chi connectivity index (χ2n) is 5.38. The Morgan fingerprint density at radius 2 is 2.29 bits per heavy atom. The molecule has 1 aliphatic rings. The fourth-order valence-electron chi connectivity index (χ4n) is 2.84. The van der Waals surface area contributed by atoms with Crippen LogP contribution in [0.2, 0.25) is 0 Å². The molecule has 0 aliphatic carbocycles. The molecule has 0 amide bonds. The van der Waals surface area contributed by atoms with E-state index < -0.39 is 5.97 Å². The van der Waals surface area contributed by atoms with Crippen molar-refractivity contribution in [3.8, 4) is 0 Å². The summed E-state index contributed by atoms with van der Waals surface area (Å²) in [5.41, 5.74) is 10.3. The number of aromatic carboxylic acids is 1. The van der Waals surface area contributed by atoms with Crippen LogP contribution in [-0.4, -0.2) is 32.3 Å². The molecule has 3 N–H and O–H groups in total. The van der Waals surface area contributed by atoms with Crippen LogP contribution >= 0.6 is 0 Å². The van der Waals surface area contributed by atoms with Crippen LogP contribution in [0.5, 0.6) is 0 Å². The number of rotatable bonds is 3. The van der Waals surface area contributed by atoms with Gasteiger partial charge in [0.2, 0.25) is 0 Å². The van der Waals surface area contributed by atoms with Crippen molar-refractivity contribution in [2.45, 2.75) is 19.5 Å². The smallest absolute Gasteiger partial charge is 0.339 e. The first kappa shape index (κ1) is 13.6.